The first-order chi connectivity index (χ1) is 10.6. The van der Waals surface area contributed by atoms with E-state index in [0.717, 1.165) is 0 Å². The van der Waals surface area contributed by atoms with Gasteiger partial charge in [0.05, 0.1) is 0 Å². The molecule has 7 heteroatoms. The summed E-state index contributed by atoms with van der Waals surface area (Å²) in [5, 5.41) is 6.31. The molecule has 0 aliphatic rings. The van der Waals surface area contributed by atoms with Crippen LogP contribution in [0.2, 0.25) is 0 Å². The molecule has 0 aliphatic carbocycles. The van der Waals surface area contributed by atoms with Gasteiger partial charge in [0.15, 0.2) is 5.82 Å². The van der Waals surface area contributed by atoms with Gasteiger partial charge in [0.2, 0.25) is 5.91 Å². The number of carbonyl (C=O) groups is 2. The van der Waals surface area contributed by atoms with Gasteiger partial charge in [-0.3, -0.25) is 15.0 Å². The molecule has 0 saturated carbocycles. The highest BCUT2D eigenvalue weighted by Gasteiger charge is 2.18. The van der Waals surface area contributed by atoms with Crippen LogP contribution in [0.15, 0.2) is 40.9 Å². The van der Waals surface area contributed by atoms with Crippen LogP contribution in [0.25, 0.3) is 0 Å². The molecule has 22 heavy (non-hydrogen) atoms. The standard InChI is InChI=1S/C15H18N4O3/c1-3-12(15(21)16-13-9-10(2)22-19-13)17-18-14(20)11-7-5-4-6-8-11/h4-9,12,17H,3H2,1-2H3,(H,18,20)(H,16,19,21)/t12-/m1/s1. The van der Waals surface area contributed by atoms with Crippen molar-refractivity contribution in [1.82, 2.24) is 16.0 Å². The summed E-state index contributed by atoms with van der Waals surface area (Å²) in [7, 11) is 0. The van der Waals surface area contributed by atoms with Crippen molar-refractivity contribution >= 4 is 17.6 Å². The van der Waals surface area contributed by atoms with Gasteiger partial charge in [0.25, 0.3) is 5.91 Å². The summed E-state index contributed by atoms with van der Waals surface area (Å²) in [5.41, 5.74) is 5.76. The molecule has 0 saturated heterocycles. The maximum absolute atomic E-state index is 12.1. The number of aryl methyl sites for hydroxylation is 1. The van der Waals surface area contributed by atoms with Crippen molar-refractivity contribution < 1.29 is 14.1 Å². The molecule has 0 fully saturated rings. The summed E-state index contributed by atoms with van der Waals surface area (Å²) >= 11 is 0. The van der Waals surface area contributed by atoms with E-state index in [1.165, 1.54) is 0 Å². The summed E-state index contributed by atoms with van der Waals surface area (Å²) in [6.07, 6.45) is 0.498. The third-order valence-corrected chi connectivity index (χ3v) is 3.00. The van der Waals surface area contributed by atoms with E-state index >= 15 is 0 Å². The van der Waals surface area contributed by atoms with Crippen LogP contribution in [0, 0.1) is 6.92 Å². The molecule has 2 rings (SSSR count). The first-order valence-corrected chi connectivity index (χ1v) is 6.95. The maximum Gasteiger partial charge on any atom is 0.265 e. The maximum atomic E-state index is 12.1. The fourth-order valence-electron chi connectivity index (χ4n) is 1.81. The van der Waals surface area contributed by atoms with Crippen molar-refractivity contribution in [3.8, 4) is 0 Å². The van der Waals surface area contributed by atoms with Crippen LogP contribution >= 0.6 is 0 Å². The molecule has 1 aromatic heterocycles. The Hall–Kier alpha value is -2.67. The Balaban J connectivity index is 1.89. The quantitative estimate of drug-likeness (QED) is 0.705. The van der Waals surface area contributed by atoms with Crippen molar-refractivity contribution in [3.63, 3.8) is 0 Å². The molecule has 7 nitrogen and oxygen atoms in total. The number of nitrogens with one attached hydrogen (secondary N) is 3. The van der Waals surface area contributed by atoms with E-state index in [2.05, 4.69) is 21.3 Å². The SMILES string of the molecule is CC[C@@H](NNC(=O)c1ccccc1)C(=O)Nc1cc(C)on1. The number of benzene rings is 1. The van der Waals surface area contributed by atoms with Gasteiger partial charge in [-0.05, 0) is 25.5 Å². The first-order valence-electron chi connectivity index (χ1n) is 6.95. The fraction of sp³-hybridized carbons (Fsp3) is 0.267. The molecule has 116 valence electrons. The minimum absolute atomic E-state index is 0.302. The fourth-order valence-corrected chi connectivity index (χ4v) is 1.81. The van der Waals surface area contributed by atoms with Gasteiger partial charge in [-0.1, -0.05) is 30.3 Å². The van der Waals surface area contributed by atoms with Crippen LogP contribution < -0.4 is 16.2 Å². The zero-order valence-corrected chi connectivity index (χ0v) is 12.4. The van der Waals surface area contributed by atoms with Gasteiger partial charge in [0, 0.05) is 11.6 Å². The number of anilines is 1. The minimum Gasteiger partial charge on any atom is -0.360 e. The topological polar surface area (TPSA) is 96.3 Å². The van der Waals surface area contributed by atoms with E-state index in [1.807, 2.05) is 13.0 Å². The second kappa shape index (κ2) is 7.37. The van der Waals surface area contributed by atoms with Crippen molar-refractivity contribution in [3.05, 3.63) is 47.7 Å². The van der Waals surface area contributed by atoms with Gasteiger partial charge < -0.3 is 9.84 Å². The van der Waals surface area contributed by atoms with Crippen LogP contribution in [-0.2, 0) is 4.79 Å². The van der Waals surface area contributed by atoms with Crippen molar-refractivity contribution in [2.75, 3.05) is 5.32 Å². The molecule has 2 aromatic rings. The molecule has 0 bridgehead atoms. The number of aromatic nitrogens is 1. The second-order valence-corrected chi connectivity index (χ2v) is 4.74. The van der Waals surface area contributed by atoms with Crippen LogP contribution in [0.4, 0.5) is 5.82 Å². The molecule has 0 unspecified atom stereocenters. The van der Waals surface area contributed by atoms with Crippen LogP contribution in [0.5, 0.6) is 0 Å². The summed E-state index contributed by atoms with van der Waals surface area (Å²) < 4.78 is 4.88. The number of nitrogens with zero attached hydrogens (tertiary/aromatic N) is 1. The van der Waals surface area contributed by atoms with Gasteiger partial charge in [-0.15, -0.1) is 0 Å². The van der Waals surface area contributed by atoms with E-state index in [0.29, 0.717) is 23.6 Å². The number of rotatable bonds is 6. The molecule has 2 amide bonds. The lowest BCUT2D eigenvalue weighted by molar-refractivity contribution is -0.118. The predicted octanol–water partition coefficient (Wildman–Crippen LogP) is 1.63. The first kappa shape index (κ1) is 15.7. The minimum atomic E-state index is -0.579. The normalized spacial score (nSPS) is 11.7. The summed E-state index contributed by atoms with van der Waals surface area (Å²) in [4.78, 5) is 24.0. The zero-order chi connectivity index (χ0) is 15.9. The lowest BCUT2D eigenvalue weighted by atomic mass is 10.2. The van der Waals surface area contributed by atoms with Crippen LogP contribution in [0.3, 0.4) is 0 Å². The van der Waals surface area contributed by atoms with E-state index in [1.54, 1.807) is 37.3 Å². The highest BCUT2D eigenvalue weighted by molar-refractivity contribution is 5.96. The third kappa shape index (κ3) is 4.16. The molecule has 3 N–H and O–H groups in total. The average molecular weight is 302 g/mol. The Morgan fingerprint density at radius 2 is 2.00 bits per heavy atom. The number of hydrogen-bond donors (Lipinski definition) is 3. The Bertz CT molecular complexity index is 639. The smallest absolute Gasteiger partial charge is 0.265 e. The van der Waals surface area contributed by atoms with Gasteiger partial charge >= 0.3 is 0 Å². The zero-order valence-electron chi connectivity index (χ0n) is 12.4. The molecule has 1 heterocycles. The number of hydrazine groups is 1. The van der Waals surface area contributed by atoms with E-state index in [4.69, 9.17) is 4.52 Å². The van der Waals surface area contributed by atoms with E-state index < -0.39 is 6.04 Å². The summed E-state index contributed by atoms with van der Waals surface area (Å²) in [5.74, 6) is 0.346. The van der Waals surface area contributed by atoms with Crippen LogP contribution in [0.1, 0.15) is 29.5 Å². The largest absolute Gasteiger partial charge is 0.360 e. The van der Waals surface area contributed by atoms with Crippen molar-refractivity contribution in [2.24, 2.45) is 0 Å². The van der Waals surface area contributed by atoms with Crippen molar-refractivity contribution in [2.45, 2.75) is 26.3 Å². The van der Waals surface area contributed by atoms with Crippen molar-refractivity contribution in [1.29, 1.82) is 0 Å². The molecule has 0 radical (unpaired) electrons. The summed E-state index contributed by atoms with van der Waals surface area (Å²) in [6.45, 7) is 3.57. The summed E-state index contributed by atoms with van der Waals surface area (Å²) in [6, 6.07) is 9.79. The Kier molecular flexibility index (Phi) is 5.26. The van der Waals surface area contributed by atoms with Crippen LogP contribution in [-0.4, -0.2) is 23.0 Å². The Morgan fingerprint density at radius 1 is 1.27 bits per heavy atom. The van der Waals surface area contributed by atoms with Gasteiger partial charge in [0.1, 0.15) is 11.8 Å². The number of amides is 2. The second-order valence-electron chi connectivity index (χ2n) is 4.74. The Labute approximate surface area is 128 Å². The predicted molar refractivity (Wildman–Crippen MR) is 81.0 cm³/mol. The molecular weight excluding hydrogens is 284 g/mol. The van der Waals surface area contributed by atoms with E-state index in [-0.39, 0.29) is 11.8 Å². The molecular formula is C15H18N4O3. The Morgan fingerprint density at radius 3 is 2.59 bits per heavy atom. The lowest BCUT2D eigenvalue weighted by Crippen LogP contribution is -2.49. The average Bonchev–Trinajstić information content (AvgIpc) is 2.93. The monoisotopic (exact) mass is 302 g/mol. The number of carbonyl (C=O) groups excluding carboxylic acids is 2. The molecule has 1 aromatic carbocycles. The lowest BCUT2D eigenvalue weighted by Gasteiger charge is -2.16. The molecule has 0 aliphatic heterocycles. The number of hydrogen-bond acceptors (Lipinski definition) is 5. The highest BCUT2D eigenvalue weighted by atomic mass is 16.5. The van der Waals surface area contributed by atoms with E-state index in [9.17, 15) is 9.59 Å². The van der Waals surface area contributed by atoms with Gasteiger partial charge in [-0.2, -0.15) is 0 Å². The third-order valence-electron chi connectivity index (χ3n) is 3.00. The molecule has 0 spiro atoms. The van der Waals surface area contributed by atoms with Gasteiger partial charge in [-0.25, -0.2) is 5.43 Å². The highest BCUT2D eigenvalue weighted by Crippen LogP contribution is 2.08. The molecule has 1 atom stereocenters.